The third-order valence-electron chi connectivity index (χ3n) is 4.58. The van der Waals surface area contributed by atoms with Gasteiger partial charge < -0.3 is 5.43 Å². The van der Waals surface area contributed by atoms with Crippen LogP contribution in [0, 0.1) is 0 Å². The Balaban J connectivity index is 1.81. The van der Waals surface area contributed by atoms with E-state index < -0.39 is 23.8 Å². The molecule has 0 saturated carbocycles. The maximum Gasteiger partial charge on any atom is 0.389 e. The van der Waals surface area contributed by atoms with Crippen LogP contribution in [-0.4, -0.2) is 15.4 Å². The van der Waals surface area contributed by atoms with Gasteiger partial charge in [-0.1, -0.05) is 24.3 Å². The van der Waals surface area contributed by atoms with Crippen molar-refractivity contribution in [3.8, 4) is 0 Å². The molecule has 3 rings (SSSR count). The molecule has 0 spiro atoms. The highest BCUT2D eigenvalue weighted by Gasteiger charge is 2.26. The molecule has 140 valence electrons. The van der Waals surface area contributed by atoms with E-state index in [1.807, 2.05) is 24.3 Å². The summed E-state index contributed by atoms with van der Waals surface area (Å²) in [6.45, 7) is -0.263. The molecular weight excluding hydrogens is 347 g/mol. The predicted molar refractivity (Wildman–Crippen MR) is 91.7 cm³/mol. The number of hydrogen-bond donors (Lipinski definition) is 1. The second-order valence-electron chi connectivity index (χ2n) is 6.45. The summed E-state index contributed by atoms with van der Waals surface area (Å²) in [6.07, 6.45) is -1.54. The number of aromatic nitrogens is 2. The third-order valence-corrected chi connectivity index (χ3v) is 4.58. The van der Waals surface area contributed by atoms with Crippen molar-refractivity contribution in [1.29, 1.82) is 0 Å². The van der Waals surface area contributed by atoms with Crippen LogP contribution in [0.2, 0.25) is 0 Å². The number of halogens is 3. The van der Waals surface area contributed by atoms with Crippen LogP contribution < -0.4 is 16.7 Å². The SMILES string of the molecule is O=c1ccn(N[C@H]2CCCc3ccccc32)c(=O)n1CCCC(F)(F)F. The van der Waals surface area contributed by atoms with Gasteiger partial charge in [0.25, 0.3) is 5.56 Å². The summed E-state index contributed by atoms with van der Waals surface area (Å²) >= 11 is 0. The second kappa shape index (κ2) is 7.39. The van der Waals surface area contributed by atoms with E-state index in [1.165, 1.54) is 22.5 Å². The Bertz CT molecular complexity index is 886. The van der Waals surface area contributed by atoms with Gasteiger partial charge in [-0.3, -0.25) is 9.36 Å². The maximum absolute atomic E-state index is 12.5. The smallest absolute Gasteiger partial charge is 0.314 e. The van der Waals surface area contributed by atoms with E-state index >= 15 is 0 Å². The molecule has 0 bridgehead atoms. The molecule has 0 unspecified atom stereocenters. The molecule has 1 atom stereocenters. The van der Waals surface area contributed by atoms with Crippen molar-refractivity contribution >= 4 is 0 Å². The van der Waals surface area contributed by atoms with Crippen LogP contribution in [-0.2, 0) is 13.0 Å². The van der Waals surface area contributed by atoms with Crippen molar-refractivity contribution in [3.63, 3.8) is 0 Å². The van der Waals surface area contributed by atoms with E-state index in [1.54, 1.807) is 0 Å². The standard InChI is InChI=1S/C18H20F3N3O2/c19-18(20,21)10-4-11-23-16(25)9-12-24(17(23)26)22-15-8-3-6-13-5-1-2-7-14(13)15/h1-2,5,7,9,12,15,22H,3-4,6,8,10-11H2/t15-/m0/s1. The first-order chi connectivity index (χ1) is 12.3. The average molecular weight is 367 g/mol. The van der Waals surface area contributed by atoms with Crippen LogP contribution in [0.25, 0.3) is 0 Å². The van der Waals surface area contributed by atoms with Gasteiger partial charge in [-0.15, -0.1) is 0 Å². The molecule has 0 aliphatic heterocycles. The summed E-state index contributed by atoms with van der Waals surface area (Å²) in [4.78, 5) is 24.4. The lowest BCUT2D eigenvalue weighted by Gasteiger charge is -2.27. The topological polar surface area (TPSA) is 56.0 Å². The largest absolute Gasteiger partial charge is 0.389 e. The zero-order chi connectivity index (χ0) is 18.7. The van der Waals surface area contributed by atoms with E-state index in [9.17, 15) is 22.8 Å². The first-order valence-corrected chi connectivity index (χ1v) is 8.59. The monoisotopic (exact) mass is 367 g/mol. The second-order valence-corrected chi connectivity index (χ2v) is 6.45. The molecule has 2 aromatic rings. The van der Waals surface area contributed by atoms with Crippen LogP contribution in [0.15, 0.2) is 46.1 Å². The molecular formula is C18H20F3N3O2. The highest BCUT2D eigenvalue weighted by Crippen LogP contribution is 2.29. The molecule has 1 N–H and O–H groups in total. The molecule has 1 heterocycles. The molecule has 0 amide bonds. The Hall–Kier alpha value is -2.51. The van der Waals surface area contributed by atoms with Crippen LogP contribution in [0.3, 0.4) is 0 Å². The lowest BCUT2D eigenvalue weighted by atomic mass is 9.88. The van der Waals surface area contributed by atoms with Crippen molar-refractivity contribution in [2.75, 3.05) is 5.43 Å². The number of fused-ring (bicyclic) bond motifs is 1. The van der Waals surface area contributed by atoms with Crippen molar-refractivity contribution in [2.24, 2.45) is 0 Å². The Morgan fingerprint density at radius 3 is 2.69 bits per heavy atom. The van der Waals surface area contributed by atoms with E-state index in [4.69, 9.17) is 0 Å². The maximum atomic E-state index is 12.5. The van der Waals surface area contributed by atoms with Crippen molar-refractivity contribution in [2.45, 2.75) is 50.9 Å². The minimum Gasteiger partial charge on any atom is -0.314 e. The van der Waals surface area contributed by atoms with Gasteiger partial charge in [0, 0.05) is 25.2 Å². The number of aryl methyl sites for hydroxylation is 1. The number of rotatable bonds is 5. The molecule has 0 saturated heterocycles. The van der Waals surface area contributed by atoms with Gasteiger partial charge in [0.1, 0.15) is 0 Å². The molecule has 1 aliphatic carbocycles. The van der Waals surface area contributed by atoms with Crippen LogP contribution in [0.4, 0.5) is 13.2 Å². The van der Waals surface area contributed by atoms with Gasteiger partial charge in [0.15, 0.2) is 0 Å². The van der Waals surface area contributed by atoms with Crippen molar-refractivity contribution in [3.05, 3.63) is 68.5 Å². The fourth-order valence-corrected chi connectivity index (χ4v) is 3.31. The number of nitrogens with zero attached hydrogens (tertiary/aromatic N) is 2. The van der Waals surface area contributed by atoms with Crippen LogP contribution in [0.5, 0.6) is 0 Å². The Morgan fingerprint density at radius 1 is 1.15 bits per heavy atom. The van der Waals surface area contributed by atoms with Gasteiger partial charge in [-0.05, 0) is 36.8 Å². The summed E-state index contributed by atoms with van der Waals surface area (Å²) in [7, 11) is 0. The molecule has 26 heavy (non-hydrogen) atoms. The lowest BCUT2D eigenvalue weighted by Crippen LogP contribution is -2.43. The minimum atomic E-state index is -4.30. The van der Waals surface area contributed by atoms with Gasteiger partial charge >= 0.3 is 11.9 Å². The quantitative estimate of drug-likeness (QED) is 0.884. The fourth-order valence-electron chi connectivity index (χ4n) is 3.31. The first-order valence-electron chi connectivity index (χ1n) is 8.59. The molecule has 8 heteroatoms. The zero-order valence-corrected chi connectivity index (χ0v) is 14.1. The zero-order valence-electron chi connectivity index (χ0n) is 14.1. The molecule has 0 fully saturated rings. The summed E-state index contributed by atoms with van der Waals surface area (Å²) in [5, 5.41) is 0. The number of benzene rings is 1. The number of hydrogen-bond acceptors (Lipinski definition) is 3. The average Bonchev–Trinajstić information content (AvgIpc) is 2.59. The van der Waals surface area contributed by atoms with Gasteiger partial charge in [-0.25, -0.2) is 9.47 Å². The molecule has 1 aromatic carbocycles. The van der Waals surface area contributed by atoms with Gasteiger partial charge in [0.2, 0.25) is 0 Å². The number of alkyl halides is 3. The summed E-state index contributed by atoms with van der Waals surface area (Å²) in [6, 6.07) is 9.05. The molecule has 0 radical (unpaired) electrons. The first kappa shape index (κ1) is 18.3. The van der Waals surface area contributed by atoms with Crippen LogP contribution in [0.1, 0.15) is 42.9 Å². The normalized spacial score (nSPS) is 17.0. The van der Waals surface area contributed by atoms with E-state index in [0.717, 1.165) is 29.4 Å². The highest BCUT2D eigenvalue weighted by atomic mass is 19.4. The number of nitrogens with one attached hydrogen (secondary N) is 1. The summed E-state index contributed by atoms with van der Waals surface area (Å²) < 4.78 is 39.0. The Labute approximate surface area is 148 Å². The highest BCUT2D eigenvalue weighted by molar-refractivity contribution is 5.33. The fraction of sp³-hybridized carbons (Fsp3) is 0.444. The minimum absolute atomic E-state index is 0.0845. The summed E-state index contributed by atoms with van der Waals surface area (Å²) in [5.41, 5.74) is 4.16. The van der Waals surface area contributed by atoms with E-state index in [-0.39, 0.29) is 19.0 Å². The molecule has 1 aromatic heterocycles. The van der Waals surface area contributed by atoms with Crippen LogP contribution >= 0.6 is 0 Å². The Kier molecular flexibility index (Phi) is 5.20. The van der Waals surface area contributed by atoms with Gasteiger partial charge in [-0.2, -0.15) is 13.2 Å². The van der Waals surface area contributed by atoms with Crippen molar-refractivity contribution < 1.29 is 13.2 Å². The lowest BCUT2D eigenvalue weighted by molar-refractivity contribution is -0.136. The molecule has 5 nitrogen and oxygen atoms in total. The predicted octanol–water partition coefficient (Wildman–Crippen LogP) is 2.97. The van der Waals surface area contributed by atoms with Crippen molar-refractivity contribution in [1.82, 2.24) is 9.24 Å². The molecule has 1 aliphatic rings. The third kappa shape index (κ3) is 4.17. The van der Waals surface area contributed by atoms with E-state index in [0.29, 0.717) is 0 Å². The van der Waals surface area contributed by atoms with E-state index in [2.05, 4.69) is 5.43 Å². The van der Waals surface area contributed by atoms with Gasteiger partial charge in [0.05, 0.1) is 6.04 Å². The summed E-state index contributed by atoms with van der Waals surface area (Å²) in [5.74, 6) is 0. The Morgan fingerprint density at radius 2 is 1.92 bits per heavy atom.